The number of hydrogen-bond acceptors (Lipinski definition) is 3. The molecule has 0 saturated heterocycles. The van der Waals surface area contributed by atoms with Crippen molar-refractivity contribution in [1.29, 1.82) is 0 Å². The molecule has 3 nitrogen and oxygen atoms in total. The average molecular weight is 350 g/mol. The molecule has 0 aliphatic heterocycles. The van der Waals surface area contributed by atoms with Gasteiger partial charge in [-0.15, -0.1) is 11.8 Å². The van der Waals surface area contributed by atoms with Gasteiger partial charge in [0.2, 0.25) is 0 Å². The zero-order valence-corrected chi connectivity index (χ0v) is 14.8. The highest BCUT2D eigenvalue weighted by molar-refractivity contribution is 8.00. The number of carbonyl (C=O) groups is 1. The maximum absolute atomic E-state index is 12.3. The fourth-order valence-electron chi connectivity index (χ4n) is 1.99. The normalized spacial score (nSPS) is 10.6. The molecule has 0 aliphatic rings. The van der Waals surface area contributed by atoms with E-state index in [-0.39, 0.29) is 5.91 Å². The molecule has 0 saturated carbocycles. The van der Waals surface area contributed by atoms with Gasteiger partial charge in [0.05, 0.1) is 17.1 Å². The highest BCUT2D eigenvalue weighted by Crippen LogP contribution is 2.26. The Bertz CT molecular complexity index is 661. The van der Waals surface area contributed by atoms with Crippen molar-refractivity contribution in [3.63, 3.8) is 0 Å². The number of ether oxygens (including phenoxy) is 1. The first-order valence-electron chi connectivity index (χ1n) is 7.49. The Hall–Kier alpha value is -1.65. The highest BCUT2D eigenvalue weighted by Gasteiger charge is 2.12. The maximum Gasteiger partial charge on any atom is 0.252 e. The van der Waals surface area contributed by atoms with Crippen LogP contribution < -0.4 is 10.1 Å². The Morgan fingerprint density at radius 1 is 1.17 bits per heavy atom. The standard InChI is InChI=1S/C18H20ClNO2S/c1-13(2)23-17-10-6-3-7-14(17)18(21)20-11-12-22-16-9-5-4-8-15(16)19/h3-10,13H,11-12H2,1-2H3,(H,20,21). The summed E-state index contributed by atoms with van der Waals surface area (Å²) < 4.78 is 5.57. The van der Waals surface area contributed by atoms with Gasteiger partial charge in [-0.25, -0.2) is 0 Å². The lowest BCUT2D eigenvalue weighted by Gasteiger charge is -2.12. The number of carbonyl (C=O) groups excluding carboxylic acids is 1. The second kappa shape index (κ2) is 8.85. The molecular weight excluding hydrogens is 330 g/mol. The molecule has 0 fully saturated rings. The summed E-state index contributed by atoms with van der Waals surface area (Å²) >= 11 is 7.70. The topological polar surface area (TPSA) is 38.3 Å². The van der Waals surface area contributed by atoms with Gasteiger partial charge in [-0.05, 0) is 24.3 Å². The van der Waals surface area contributed by atoms with E-state index < -0.39 is 0 Å². The third-order valence-corrected chi connectivity index (χ3v) is 4.37. The first-order chi connectivity index (χ1) is 11.1. The number of hydrogen-bond donors (Lipinski definition) is 1. The van der Waals surface area contributed by atoms with Crippen LogP contribution in [0.5, 0.6) is 5.75 Å². The van der Waals surface area contributed by atoms with Crippen molar-refractivity contribution in [2.45, 2.75) is 24.0 Å². The smallest absolute Gasteiger partial charge is 0.252 e. The van der Waals surface area contributed by atoms with Crippen molar-refractivity contribution in [3.05, 3.63) is 59.1 Å². The minimum Gasteiger partial charge on any atom is -0.490 e. The quantitative estimate of drug-likeness (QED) is 0.584. The van der Waals surface area contributed by atoms with E-state index in [9.17, 15) is 4.79 Å². The summed E-state index contributed by atoms with van der Waals surface area (Å²) in [6.45, 7) is 5.01. The van der Waals surface area contributed by atoms with Gasteiger partial charge in [0.1, 0.15) is 12.4 Å². The molecule has 0 unspecified atom stereocenters. The fraction of sp³-hybridized carbons (Fsp3) is 0.278. The number of amides is 1. The van der Waals surface area contributed by atoms with Crippen LogP contribution in [0.1, 0.15) is 24.2 Å². The largest absolute Gasteiger partial charge is 0.490 e. The summed E-state index contributed by atoms with van der Waals surface area (Å²) in [5.74, 6) is 0.538. The van der Waals surface area contributed by atoms with Gasteiger partial charge < -0.3 is 10.1 Å². The maximum atomic E-state index is 12.3. The number of nitrogens with one attached hydrogen (secondary N) is 1. The van der Waals surface area contributed by atoms with Crippen molar-refractivity contribution in [2.24, 2.45) is 0 Å². The van der Waals surface area contributed by atoms with Crippen LogP contribution in [0, 0.1) is 0 Å². The van der Waals surface area contributed by atoms with Crippen LogP contribution in [0.15, 0.2) is 53.4 Å². The van der Waals surface area contributed by atoms with Crippen LogP contribution in [0.25, 0.3) is 0 Å². The molecule has 0 radical (unpaired) electrons. The molecule has 0 aromatic heterocycles. The molecule has 0 heterocycles. The Morgan fingerprint density at radius 3 is 2.61 bits per heavy atom. The molecule has 5 heteroatoms. The van der Waals surface area contributed by atoms with Gasteiger partial charge in [-0.1, -0.05) is 49.7 Å². The number of thioether (sulfide) groups is 1. The van der Waals surface area contributed by atoms with Crippen molar-refractivity contribution in [1.82, 2.24) is 5.32 Å². The van der Waals surface area contributed by atoms with E-state index in [1.807, 2.05) is 36.4 Å². The van der Waals surface area contributed by atoms with E-state index in [4.69, 9.17) is 16.3 Å². The minimum atomic E-state index is -0.0866. The van der Waals surface area contributed by atoms with Crippen LogP contribution >= 0.6 is 23.4 Å². The van der Waals surface area contributed by atoms with Crippen LogP contribution in [0.2, 0.25) is 5.02 Å². The van der Waals surface area contributed by atoms with Gasteiger partial charge in [-0.3, -0.25) is 4.79 Å². The monoisotopic (exact) mass is 349 g/mol. The second-order valence-electron chi connectivity index (χ2n) is 5.20. The summed E-state index contributed by atoms with van der Waals surface area (Å²) in [6, 6.07) is 14.9. The molecule has 0 aliphatic carbocycles. The van der Waals surface area contributed by atoms with Crippen molar-refractivity contribution < 1.29 is 9.53 Å². The van der Waals surface area contributed by atoms with E-state index in [1.54, 1.807) is 23.9 Å². The van der Waals surface area contributed by atoms with Crippen LogP contribution in [-0.4, -0.2) is 24.3 Å². The van der Waals surface area contributed by atoms with Gasteiger partial charge in [-0.2, -0.15) is 0 Å². The molecule has 23 heavy (non-hydrogen) atoms. The van der Waals surface area contributed by atoms with E-state index in [2.05, 4.69) is 19.2 Å². The van der Waals surface area contributed by atoms with Crippen LogP contribution in [-0.2, 0) is 0 Å². The third-order valence-electron chi connectivity index (χ3n) is 2.98. The molecule has 2 rings (SSSR count). The lowest BCUT2D eigenvalue weighted by Crippen LogP contribution is -2.28. The first kappa shape index (κ1) is 17.7. The van der Waals surface area contributed by atoms with Crippen molar-refractivity contribution in [2.75, 3.05) is 13.2 Å². The predicted octanol–water partition coefficient (Wildman–Crippen LogP) is 4.65. The van der Waals surface area contributed by atoms with E-state index >= 15 is 0 Å². The molecular formula is C18H20ClNO2S. The predicted molar refractivity (Wildman–Crippen MR) is 96.7 cm³/mol. The third kappa shape index (κ3) is 5.48. The lowest BCUT2D eigenvalue weighted by atomic mass is 10.2. The molecule has 122 valence electrons. The summed E-state index contributed by atoms with van der Waals surface area (Å²) in [7, 11) is 0. The summed E-state index contributed by atoms with van der Waals surface area (Å²) in [6.07, 6.45) is 0. The van der Waals surface area contributed by atoms with Gasteiger partial charge in [0.15, 0.2) is 0 Å². The molecule has 1 N–H and O–H groups in total. The van der Waals surface area contributed by atoms with Crippen molar-refractivity contribution >= 4 is 29.3 Å². The highest BCUT2D eigenvalue weighted by atomic mass is 35.5. The number of rotatable bonds is 7. The van der Waals surface area contributed by atoms with Crippen LogP contribution in [0.4, 0.5) is 0 Å². The zero-order valence-electron chi connectivity index (χ0n) is 13.2. The Balaban J connectivity index is 1.87. The Labute approximate surface area is 146 Å². The second-order valence-corrected chi connectivity index (χ2v) is 7.22. The van der Waals surface area contributed by atoms with Gasteiger partial charge >= 0.3 is 0 Å². The Kier molecular flexibility index (Phi) is 6.81. The molecule has 0 spiro atoms. The lowest BCUT2D eigenvalue weighted by molar-refractivity contribution is 0.0944. The zero-order chi connectivity index (χ0) is 16.7. The van der Waals surface area contributed by atoms with E-state index in [0.29, 0.717) is 34.7 Å². The SMILES string of the molecule is CC(C)Sc1ccccc1C(=O)NCCOc1ccccc1Cl. The number of benzene rings is 2. The fourth-order valence-corrected chi connectivity index (χ4v) is 3.14. The number of para-hydroxylation sites is 1. The van der Waals surface area contributed by atoms with E-state index in [1.165, 1.54) is 0 Å². The molecule has 0 atom stereocenters. The molecule has 1 amide bonds. The summed E-state index contributed by atoms with van der Waals surface area (Å²) in [4.78, 5) is 13.3. The van der Waals surface area contributed by atoms with E-state index in [0.717, 1.165) is 4.90 Å². The summed E-state index contributed by atoms with van der Waals surface area (Å²) in [5.41, 5.74) is 0.698. The summed E-state index contributed by atoms with van der Waals surface area (Å²) in [5, 5.41) is 3.87. The first-order valence-corrected chi connectivity index (χ1v) is 8.75. The van der Waals surface area contributed by atoms with Crippen molar-refractivity contribution in [3.8, 4) is 5.75 Å². The molecule has 0 bridgehead atoms. The molecule has 2 aromatic carbocycles. The Morgan fingerprint density at radius 2 is 1.87 bits per heavy atom. The van der Waals surface area contributed by atoms with Gasteiger partial charge in [0, 0.05) is 10.1 Å². The average Bonchev–Trinajstić information content (AvgIpc) is 2.53. The number of halogens is 1. The minimum absolute atomic E-state index is 0.0866. The van der Waals surface area contributed by atoms with Crippen LogP contribution in [0.3, 0.4) is 0 Å². The molecule has 2 aromatic rings. The van der Waals surface area contributed by atoms with Gasteiger partial charge in [0.25, 0.3) is 5.91 Å².